The van der Waals surface area contributed by atoms with Gasteiger partial charge in [0.15, 0.2) is 18.1 Å². The Morgan fingerprint density at radius 1 is 1.30 bits per heavy atom. The fourth-order valence-corrected chi connectivity index (χ4v) is 2.30. The smallest absolute Gasteiger partial charge is 0.260 e. The Hall–Kier alpha value is -1.97. The lowest BCUT2D eigenvalue weighted by molar-refractivity contribution is -0.132. The van der Waals surface area contributed by atoms with E-state index in [4.69, 9.17) is 9.47 Å². The van der Waals surface area contributed by atoms with E-state index in [1.807, 2.05) is 42.2 Å². The Bertz CT molecular complexity index is 490. The predicted octanol–water partition coefficient (Wildman–Crippen LogP) is 2.73. The van der Waals surface area contributed by atoms with Crippen LogP contribution < -0.4 is 9.47 Å². The number of hydrogen-bond acceptors (Lipinski definition) is 3. The van der Waals surface area contributed by atoms with Crippen LogP contribution in [-0.4, -0.2) is 37.6 Å². The van der Waals surface area contributed by atoms with E-state index in [0.717, 1.165) is 31.5 Å². The maximum Gasteiger partial charge on any atom is 0.260 e. The van der Waals surface area contributed by atoms with Gasteiger partial charge in [0.25, 0.3) is 5.91 Å². The van der Waals surface area contributed by atoms with Gasteiger partial charge in [0.05, 0.1) is 7.11 Å². The Labute approximate surface area is 120 Å². The van der Waals surface area contributed by atoms with Gasteiger partial charge < -0.3 is 14.4 Å². The summed E-state index contributed by atoms with van der Waals surface area (Å²) in [4.78, 5) is 13.8. The summed E-state index contributed by atoms with van der Waals surface area (Å²) in [6.45, 7) is 3.73. The molecule has 0 aliphatic carbocycles. The SMILES string of the molecule is C/C=C/c1ccc(OCC(=O)N2CCCC2)c(OC)c1. The molecule has 4 heteroatoms. The van der Waals surface area contributed by atoms with Crippen LogP contribution in [0.15, 0.2) is 24.3 Å². The van der Waals surface area contributed by atoms with Crippen LogP contribution in [-0.2, 0) is 4.79 Å². The molecule has 0 atom stereocenters. The molecule has 20 heavy (non-hydrogen) atoms. The minimum atomic E-state index is 0.0436. The number of ether oxygens (including phenoxy) is 2. The van der Waals surface area contributed by atoms with E-state index in [1.54, 1.807) is 7.11 Å². The zero-order chi connectivity index (χ0) is 14.4. The van der Waals surface area contributed by atoms with Gasteiger partial charge in [-0.1, -0.05) is 18.2 Å². The van der Waals surface area contributed by atoms with Gasteiger partial charge in [0, 0.05) is 13.1 Å². The van der Waals surface area contributed by atoms with Crippen molar-refractivity contribution >= 4 is 12.0 Å². The largest absolute Gasteiger partial charge is 0.493 e. The summed E-state index contributed by atoms with van der Waals surface area (Å²) in [5.74, 6) is 1.30. The van der Waals surface area contributed by atoms with Gasteiger partial charge in [0.2, 0.25) is 0 Å². The van der Waals surface area contributed by atoms with Crippen LogP contribution in [0.4, 0.5) is 0 Å². The van der Waals surface area contributed by atoms with Gasteiger partial charge in [-0.05, 0) is 37.5 Å². The number of rotatable bonds is 5. The highest BCUT2D eigenvalue weighted by Gasteiger charge is 2.18. The number of hydrogen-bond donors (Lipinski definition) is 0. The van der Waals surface area contributed by atoms with Gasteiger partial charge in [-0.3, -0.25) is 4.79 Å². The molecule has 1 aliphatic rings. The van der Waals surface area contributed by atoms with Crippen molar-refractivity contribution in [3.05, 3.63) is 29.8 Å². The van der Waals surface area contributed by atoms with Crippen LogP contribution in [0.5, 0.6) is 11.5 Å². The molecule has 0 saturated carbocycles. The Morgan fingerprint density at radius 3 is 2.70 bits per heavy atom. The maximum atomic E-state index is 11.9. The molecule has 4 nitrogen and oxygen atoms in total. The van der Waals surface area contributed by atoms with E-state index in [-0.39, 0.29) is 12.5 Å². The summed E-state index contributed by atoms with van der Waals surface area (Å²) in [5, 5.41) is 0. The zero-order valence-electron chi connectivity index (χ0n) is 12.1. The van der Waals surface area contributed by atoms with Crippen molar-refractivity contribution in [1.82, 2.24) is 4.90 Å². The fraction of sp³-hybridized carbons (Fsp3) is 0.438. The summed E-state index contributed by atoms with van der Waals surface area (Å²) >= 11 is 0. The number of allylic oxidation sites excluding steroid dienone is 1. The molecule has 0 N–H and O–H groups in total. The molecular formula is C16H21NO3. The normalized spacial score (nSPS) is 14.8. The molecule has 1 heterocycles. The van der Waals surface area contributed by atoms with E-state index in [0.29, 0.717) is 11.5 Å². The monoisotopic (exact) mass is 275 g/mol. The minimum absolute atomic E-state index is 0.0436. The molecule has 2 rings (SSSR count). The average molecular weight is 275 g/mol. The van der Waals surface area contributed by atoms with Crippen molar-refractivity contribution in [1.29, 1.82) is 0 Å². The molecule has 1 fully saturated rings. The first-order valence-corrected chi connectivity index (χ1v) is 6.96. The number of benzene rings is 1. The number of carbonyl (C=O) groups is 1. The zero-order valence-corrected chi connectivity index (χ0v) is 12.1. The highest BCUT2D eigenvalue weighted by atomic mass is 16.5. The van der Waals surface area contributed by atoms with E-state index < -0.39 is 0 Å². The van der Waals surface area contributed by atoms with E-state index >= 15 is 0 Å². The topological polar surface area (TPSA) is 38.8 Å². The van der Waals surface area contributed by atoms with Crippen molar-refractivity contribution in [2.45, 2.75) is 19.8 Å². The third-order valence-electron chi connectivity index (χ3n) is 3.36. The van der Waals surface area contributed by atoms with Crippen molar-refractivity contribution in [2.24, 2.45) is 0 Å². The summed E-state index contributed by atoms with van der Waals surface area (Å²) < 4.78 is 10.9. The first-order chi connectivity index (χ1) is 9.74. The van der Waals surface area contributed by atoms with Crippen LogP contribution in [0.2, 0.25) is 0 Å². The first-order valence-electron chi connectivity index (χ1n) is 6.96. The Balaban J connectivity index is 1.99. The molecule has 1 saturated heterocycles. The lowest BCUT2D eigenvalue weighted by atomic mass is 10.2. The second kappa shape index (κ2) is 6.98. The van der Waals surface area contributed by atoms with Gasteiger partial charge in [-0.25, -0.2) is 0 Å². The van der Waals surface area contributed by atoms with Crippen molar-refractivity contribution in [3.63, 3.8) is 0 Å². The predicted molar refractivity (Wildman–Crippen MR) is 79.0 cm³/mol. The molecule has 0 bridgehead atoms. The molecule has 1 amide bonds. The number of carbonyl (C=O) groups excluding carboxylic acids is 1. The molecule has 1 aromatic rings. The first kappa shape index (κ1) is 14.4. The number of nitrogens with zero attached hydrogens (tertiary/aromatic N) is 1. The summed E-state index contributed by atoms with van der Waals surface area (Å²) in [5.41, 5.74) is 1.04. The number of likely N-dealkylation sites (tertiary alicyclic amines) is 1. The summed E-state index contributed by atoms with van der Waals surface area (Å²) in [6.07, 6.45) is 6.13. The van der Waals surface area contributed by atoms with E-state index in [1.165, 1.54) is 0 Å². The standard InChI is InChI=1S/C16H21NO3/c1-3-6-13-7-8-14(15(11-13)19-2)20-12-16(18)17-9-4-5-10-17/h3,6-8,11H,4-5,9-10,12H2,1-2H3/b6-3+. The third kappa shape index (κ3) is 3.53. The van der Waals surface area contributed by atoms with E-state index in [9.17, 15) is 4.79 Å². The number of amides is 1. The minimum Gasteiger partial charge on any atom is -0.493 e. The second-order valence-electron chi connectivity index (χ2n) is 4.79. The fourth-order valence-electron chi connectivity index (χ4n) is 2.30. The Kier molecular flexibility index (Phi) is 5.04. The van der Waals surface area contributed by atoms with Crippen LogP contribution in [0, 0.1) is 0 Å². The summed E-state index contributed by atoms with van der Waals surface area (Å²) in [7, 11) is 1.60. The average Bonchev–Trinajstić information content (AvgIpc) is 3.00. The molecule has 0 unspecified atom stereocenters. The lowest BCUT2D eigenvalue weighted by Gasteiger charge is -2.16. The van der Waals surface area contributed by atoms with Crippen molar-refractivity contribution in [3.8, 4) is 11.5 Å². The van der Waals surface area contributed by atoms with Crippen LogP contribution in [0.1, 0.15) is 25.3 Å². The molecule has 1 aromatic carbocycles. The van der Waals surface area contributed by atoms with Gasteiger partial charge >= 0.3 is 0 Å². The molecular weight excluding hydrogens is 254 g/mol. The van der Waals surface area contributed by atoms with Crippen LogP contribution in [0.3, 0.4) is 0 Å². The van der Waals surface area contributed by atoms with Gasteiger partial charge in [-0.15, -0.1) is 0 Å². The molecule has 0 aromatic heterocycles. The third-order valence-corrected chi connectivity index (χ3v) is 3.36. The maximum absolute atomic E-state index is 11.9. The van der Waals surface area contributed by atoms with Gasteiger partial charge in [-0.2, -0.15) is 0 Å². The lowest BCUT2D eigenvalue weighted by Crippen LogP contribution is -2.32. The number of methoxy groups -OCH3 is 1. The highest BCUT2D eigenvalue weighted by Crippen LogP contribution is 2.28. The van der Waals surface area contributed by atoms with Crippen LogP contribution in [0.25, 0.3) is 6.08 Å². The second-order valence-corrected chi connectivity index (χ2v) is 4.79. The van der Waals surface area contributed by atoms with E-state index in [2.05, 4.69) is 0 Å². The summed E-state index contributed by atoms with van der Waals surface area (Å²) in [6, 6.07) is 5.68. The molecule has 0 radical (unpaired) electrons. The highest BCUT2D eigenvalue weighted by molar-refractivity contribution is 5.78. The van der Waals surface area contributed by atoms with Crippen LogP contribution >= 0.6 is 0 Å². The van der Waals surface area contributed by atoms with Gasteiger partial charge in [0.1, 0.15) is 0 Å². The molecule has 108 valence electrons. The Morgan fingerprint density at radius 2 is 2.05 bits per heavy atom. The molecule has 1 aliphatic heterocycles. The van der Waals surface area contributed by atoms with Crippen molar-refractivity contribution in [2.75, 3.05) is 26.8 Å². The molecule has 0 spiro atoms. The quantitative estimate of drug-likeness (QED) is 0.829. The van der Waals surface area contributed by atoms with Crippen molar-refractivity contribution < 1.29 is 14.3 Å².